The van der Waals surface area contributed by atoms with E-state index in [2.05, 4.69) is 54.1 Å². The number of amides is 7. The predicted molar refractivity (Wildman–Crippen MR) is 262 cm³/mol. The van der Waals surface area contributed by atoms with Crippen molar-refractivity contribution < 1.29 is 47.8 Å². The van der Waals surface area contributed by atoms with Crippen molar-refractivity contribution in [2.45, 2.75) is 207 Å². The first-order chi connectivity index (χ1) is 32.5. The number of ether oxygens (including phenoxy) is 3. The molecule has 0 aromatic carbocycles. The van der Waals surface area contributed by atoms with Crippen molar-refractivity contribution in [2.24, 2.45) is 11.8 Å². The number of nitrogens with one attached hydrogen (secondary N) is 7. The number of unbranched alkanes of at least 4 members (excludes halogenated alkanes) is 3. The highest BCUT2D eigenvalue weighted by atomic mass is 16.6. The van der Waals surface area contributed by atoms with Gasteiger partial charge in [0, 0.05) is 25.7 Å². The number of carbonyl (C=O) groups excluding carboxylic acids is 7. The molecule has 7 atom stereocenters. The molecule has 1 saturated heterocycles. The van der Waals surface area contributed by atoms with Crippen LogP contribution in [0.1, 0.15) is 158 Å². The Balaban J connectivity index is 2.09. The number of hydrogen-bond acceptors (Lipinski definition) is 13. The molecule has 0 spiro atoms. The summed E-state index contributed by atoms with van der Waals surface area (Å²) in [4.78, 5) is 108. The molecular weight excluding hydrogens is 889 g/mol. The second-order valence-corrected chi connectivity index (χ2v) is 20.5. The standard InChI is InChI=1S/C49H84N10O10/c1-12-14-15-20-24-38-32(4)45(64)59(11)37(21-13-2)43(62)58-40(33-22-18-16-17-19-23-33)44(63)57-36(28-52-47(66)69-49(8,9)10)42(61)56-35(41(60)55-31(3)29-67-38)27-50-39-25-34(53-30-54-39)26-51-46(65)68-48(5,6)7/h25,30-33,35-38,40H,12-24,26-29H2,1-11H3,(H,51,65)(H,52,66)(H,55,60)(H,56,61)(H,57,63)(H,58,62)(H,50,53,54)/t31-,32-,35+,36+,37+,38-,40+/m1/s1. The van der Waals surface area contributed by atoms with Crippen molar-refractivity contribution in [1.29, 1.82) is 0 Å². The number of rotatable bonds is 15. The maximum absolute atomic E-state index is 14.7. The number of anilines is 1. The van der Waals surface area contributed by atoms with Gasteiger partial charge in [0.1, 0.15) is 47.5 Å². The summed E-state index contributed by atoms with van der Waals surface area (Å²) in [6, 6.07) is -3.79. The van der Waals surface area contributed by atoms with Crippen molar-refractivity contribution in [3.05, 3.63) is 18.1 Å². The van der Waals surface area contributed by atoms with Crippen LogP contribution in [0.5, 0.6) is 0 Å². The van der Waals surface area contributed by atoms with Crippen LogP contribution in [-0.4, -0.2) is 131 Å². The van der Waals surface area contributed by atoms with Gasteiger partial charge in [-0.3, -0.25) is 24.0 Å². The lowest BCUT2D eigenvalue weighted by Gasteiger charge is -2.34. The first-order valence-electron chi connectivity index (χ1n) is 25.1. The molecule has 1 aliphatic carbocycles. The van der Waals surface area contributed by atoms with E-state index >= 15 is 0 Å². The quantitative estimate of drug-likeness (QED) is 0.0903. The fourth-order valence-electron chi connectivity index (χ4n) is 8.33. The maximum Gasteiger partial charge on any atom is 0.407 e. The van der Waals surface area contributed by atoms with E-state index < -0.39 is 95.8 Å². The van der Waals surface area contributed by atoms with E-state index in [0.717, 1.165) is 51.4 Å². The van der Waals surface area contributed by atoms with Gasteiger partial charge in [-0.25, -0.2) is 19.6 Å². The molecule has 2 heterocycles. The van der Waals surface area contributed by atoms with E-state index in [4.69, 9.17) is 14.2 Å². The van der Waals surface area contributed by atoms with Gasteiger partial charge in [0.2, 0.25) is 29.5 Å². The minimum atomic E-state index is -1.46. The summed E-state index contributed by atoms with van der Waals surface area (Å²) in [6.07, 6.45) is 9.43. The van der Waals surface area contributed by atoms with Crippen LogP contribution in [0.15, 0.2) is 12.4 Å². The average Bonchev–Trinajstić information content (AvgIpc) is 3.56. The first kappa shape index (κ1) is 58.0. The molecule has 69 heavy (non-hydrogen) atoms. The van der Waals surface area contributed by atoms with Gasteiger partial charge in [0.25, 0.3) is 0 Å². The Bertz CT molecular complexity index is 1830. The SMILES string of the molecule is CCCCCC[C@H]1OC[C@@H](C)NC(=O)[C@H](CNc2cc(CNC(=O)OC(C)(C)C)ncn2)NC(=O)[C@H](CNC(=O)OC(C)(C)C)NC(=O)[C@H](C2CCCCCC2)NC(=O)[C@H](CCC)N(C)C(=O)[C@@H]1C. The molecule has 3 rings (SSSR count). The normalized spacial score (nSPS) is 24.5. The minimum absolute atomic E-state index is 0.0119. The van der Waals surface area contributed by atoms with Crippen molar-refractivity contribution >= 4 is 47.5 Å². The van der Waals surface area contributed by atoms with E-state index in [1.54, 1.807) is 68.5 Å². The number of nitrogens with zero attached hydrogens (tertiary/aromatic N) is 3. The summed E-state index contributed by atoms with van der Waals surface area (Å²) in [5.74, 6) is -3.51. The number of alkyl carbamates (subject to hydrolysis) is 2. The molecule has 20 nitrogen and oxygen atoms in total. The van der Waals surface area contributed by atoms with Crippen LogP contribution in [0.4, 0.5) is 15.4 Å². The molecule has 2 fully saturated rings. The number of hydrogen-bond donors (Lipinski definition) is 7. The van der Waals surface area contributed by atoms with E-state index in [9.17, 15) is 33.6 Å². The lowest BCUT2D eigenvalue weighted by Crippen LogP contribution is -2.62. The van der Waals surface area contributed by atoms with Crippen molar-refractivity contribution in [2.75, 3.05) is 32.1 Å². The third-order valence-corrected chi connectivity index (χ3v) is 12.0. The Hall–Kier alpha value is -5.27. The van der Waals surface area contributed by atoms with Gasteiger partial charge < -0.3 is 56.3 Å². The fourth-order valence-corrected chi connectivity index (χ4v) is 8.33. The molecule has 1 saturated carbocycles. The van der Waals surface area contributed by atoms with Crippen molar-refractivity contribution in [3.63, 3.8) is 0 Å². The van der Waals surface area contributed by atoms with Gasteiger partial charge in [0.05, 0.1) is 37.4 Å². The summed E-state index contributed by atoms with van der Waals surface area (Å²) in [6.45, 7) is 17.3. The molecule has 390 valence electrons. The van der Waals surface area contributed by atoms with Gasteiger partial charge >= 0.3 is 12.2 Å². The third kappa shape index (κ3) is 21.1. The molecule has 20 heteroatoms. The molecule has 7 N–H and O–H groups in total. The van der Waals surface area contributed by atoms with Gasteiger partial charge in [-0.2, -0.15) is 0 Å². The van der Waals surface area contributed by atoms with Crippen LogP contribution < -0.4 is 37.2 Å². The average molecular weight is 973 g/mol. The second kappa shape index (κ2) is 28.4. The first-order valence-corrected chi connectivity index (χ1v) is 25.1. The summed E-state index contributed by atoms with van der Waals surface area (Å²) in [7, 11) is 1.61. The summed E-state index contributed by atoms with van der Waals surface area (Å²) in [5.41, 5.74) is -1.16. The molecule has 2 aliphatic rings. The highest BCUT2D eigenvalue weighted by Crippen LogP contribution is 2.27. The van der Waals surface area contributed by atoms with Crippen LogP contribution in [0, 0.1) is 11.8 Å². The predicted octanol–water partition coefficient (Wildman–Crippen LogP) is 5.00. The van der Waals surface area contributed by atoms with Crippen LogP contribution in [0.25, 0.3) is 0 Å². The van der Waals surface area contributed by atoms with E-state index in [-0.39, 0.29) is 37.3 Å². The van der Waals surface area contributed by atoms with Crippen molar-refractivity contribution in [3.8, 4) is 0 Å². The summed E-state index contributed by atoms with van der Waals surface area (Å²) in [5, 5.41) is 19.9. The molecule has 1 aliphatic heterocycles. The van der Waals surface area contributed by atoms with Gasteiger partial charge in [-0.1, -0.05) is 78.6 Å². The lowest BCUT2D eigenvalue weighted by atomic mass is 9.90. The molecule has 7 amide bonds. The van der Waals surface area contributed by atoms with Crippen LogP contribution in [-0.2, 0) is 44.7 Å². The molecule has 1 aromatic rings. The highest BCUT2D eigenvalue weighted by Gasteiger charge is 2.39. The van der Waals surface area contributed by atoms with Gasteiger partial charge in [-0.05, 0) is 80.1 Å². The molecular formula is C49H84N10O10. The molecule has 0 bridgehead atoms. The summed E-state index contributed by atoms with van der Waals surface area (Å²) >= 11 is 0. The van der Waals surface area contributed by atoms with Crippen LogP contribution >= 0.6 is 0 Å². The zero-order valence-corrected chi connectivity index (χ0v) is 43.2. The second-order valence-electron chi connectivity index (χ2n) is 20.5. The van der Waals surface area contributed by atoms with Crippen LogP contribution in [0.2, 0.25) is 0 Å². The Morgan fingerprint density at radius 1 is 0.739 bits per heavy atom. The Morgan fingerprint density at radius 2 is 1.35 bits per heavy atom. The van der Waals surface area contributed by atoms with Crippen molar-refractivity contribution in [1.82, 2.24) is 46.8 Å². The van der Waals surface area contributed by atoms with Crippen LogP contribution in [0.3, 0.4) is 0 Å². The zero-order chi connectivity index (χ0) is 51.3. The monoisotopic (exact) mass is 973 g/mol. The number of aromatic nitrogens is 2. The molecule has 0 unspecified atom stereocenters. The lowest BCUT2D eigenvalue weighted by molar-refractivity contribution is -0.147. The summed E-state index contributed by atoms with van der Waals surface area (Å²) < 4.78 is 17.2. The van der Waals surface area contributed by atoms with Gasteiger partial charge in [-0.15, -0.1) is 0 Å². The van der Waals surface area contributed by atoms with Gasteiger partial charge in [0.15, 0.2) is 0 Å². The van der Waals surface area contributed by atoms with E-state index in [1.807, 2.05) is 6.92 Å². The topological polar surface area (TPSA) is 260 Å². The Labute approximate surface area is 409 Å². The molecule has 1 aromatic heterocycles. The molecule has 0 radical (unpaired) electrons. The Kier molecular flexibility index (Phi) is 23.9. The Morgan fingerprint density at radius 3 is 1.97 bits per heavy atom. The highest BCUT2D eigenvalue weighted by molar-refractivity contribution is 5.96. The largest absolute Gasteiger partial charge is 0.444 e. The maximum atomic E-state index is 14.7. The smallest absolute Gasteiger partial charge is 0.407 e. The fraction of sp³-hybridized carbons (Fsp3) is 0.776. The van der Waals surface area contributed by atoms with E-state index in [0.29, 0.717) is 37.8 Å². The third-order valence-electron chi connectivity index (χ3n) is 12.0. The zero-order valence-electron chi connectivity index (χ0n) is 43.2. The minimum Gasteiger partial charge on any atom is -0.444 e. The number of carbonyl (C=O) groups is 7. The van der Waals surface area contributed by atoms with E-state index in [1.165, 1.54) is 11.2 Å². The number of likely N-dealkylation sites (N-methyl/N-ethyl adjacent to an activating group) is 1.